The smallest absolute Gasteiger partial charge is 0.0579 e. The zero-order chi connectivity index (χ0) is 11.6. The third-order valence-corrected chi connectivity index (χ3v) is 4.14. The lowest BCUT2D eigenvalue weighted by molar-refractivity contribution is 0.145. The Hall–Kier alpha value is -1.18. The van der Waals surface area contributed by atoms with Crippen molar-refractivity contribution in [2.75, 3.05) is 17.6 Å². The van der Waals surface area contributed by atoms with Gasteiger partial charge in [0.25, 0.3) is 0 Å². The van der Waals surface area contributed by atoms with Gasteiger partial charge in [0.1, 0.15) is 0 Å². The van der Waals surface area contributed by atoms with Gasteiger partial charge in [-0.2, -0.15) is 0 Å². The minimum Gasteiger partial charge on any atom is -0.397 e. The van der Waals surface area contributed by atoms with E-state index in [-0.39, 0.29) is 0 Å². The Balaban J connectivity index is 2.02. The summed E-state index contributed by atoms with van der Waals surface area (Å²) in [7, 11) is 0. The van der Waals surface area contributed by atoms with E-state index in [1.807, 2.05) is 0 Å². The Morgan fingerprint density at radius 2 is 2.12 bits per heavy atom. The molecular formula is C14H22N2. The molecule has 0 atom stereocenters. The molecule has 2 heteroatoms. The molecule has 0 aromatic heterocycles. The maximum Gasteiger partial charge on any atom is 0.0579 e. The minimum atomic E-state index is 0.538. The standard InChI is InChI=1S/C14H22N2/c1-3-14(8-5-9-14)10-16-12-7-4-6-11(2)13(12)15/h4,6-7,16H,3,5,8-10,15H2,1-2H3. The lowest BCUT2D eigenvalue weighted by Crippen LogP contribution is -2.36. The summed E-state index contributed by atoms with van der Waals surface area (Å²) in [6.45, 7) is 5.41. The third kappa shape index (κ3) is 2.01. The molecule has 3 N–H and O–H groups in total. The summed E-state index contributed by atoms with van der Waals surface area (Å²) in [5, 5.41) is 3.52. The molecule has 2 nitrogen and oxygen atoms in total. The molecule has 1 aromatic rings. The Morgan fingerprint density at radius 1 is 1.38 bits per heavy atom. The normalized spacial score (nSPS) is 17.9. The zero-order valence-corrected chi connectivity index (χ0v) is 10.3. The van der Waals surface area contributed by atoms with E-state index in [1.54, 1.807) is 0 Å². The van der Waals surface area contributed by atoms with Crippen molar-refractivity contribution in [2.24, 2.45) is 5.41 Å². The molecule has 0 bridgehead atoms. The van der Waals surface area contributed by atoms with Crippen molar-refractivity contribution in [3.63, 3.8) is 0 Å². The lowest BCUT2D eigenvalue weighted by Gasteiger charge is -2.41. The maximum atomic E-state index is 6.05. The van der Waals surface area contributed by atoms with E-state index in [9.17, 15) is 0 Å². The van der Waals surface area contributed by atoms with Crippen LogP contribution in [0.4, 0.5) is 11.4 Å². The van der Waals surface area contributed by atoms with Gasteiger partial charge in [-0.1, -0.05) is 25.5 Å². The fraction of sp³-hybridized carbons (Fsp3) is 0.571. The number of nitrogen functional groups attached to an aromatic ring is 1. The first kappa shape index (κ1) is 11.3. The van der Waals surface area contributed by atoms with Crippen LogP contribution in [0.3, 0.4) is 0 Å². The lowest BCUT2D eigenvalue weighted by atomic mass is 9.67. The summed E-state index contributed by atoms with van der Waals surface area (Å²) in [6.07, 6.45) is 5.38. The fourth-order valence-electron chi connectivity index (χ4n) is 2.45. The first-order valence-corrected chi connectivity index (χ1v) is 6.26. The topological polar surface area (TPSA) is 38.0 Å². The SMILES string of the molecule is CCC1(CNc2cccc(C)c2N)CCC1. The van der Waals surface area contributed by atoms with Crippen LogP contribution >= 0.6 is 0 Å². The van der Waals surface area contributed by atoms with Gasteiger partial charge < -0.3 is 11.1 Å². The number of rotatable bonds is 4. The van der Waals surface area contributed by atoms with E-state index in [0.29, 0.717) is 5.41 Å². The van der Waals surface area contributed by atoms with Crippen LogP contribution in [-0.2, 0) is 0 Å². The monoisotopic (exact) mass is 218 g/mol. The van der Waals surface area contributed by atoms with Gasteiger partial charge in [-0.15, -0.1) is 0 Å². The van der Waals surface area contributed by atoms with Crippen molar-refractivity contribution in [3.8, 4) is 0 Å². The summed E-state index contributed by atoms with van der Waals surface area (Å²) in [5.74, 6) is 0. The summed E-state index contributed by atoms with van der Waals surface area (Å²) in [5.41, 5.74) is 9.74. The molecule has 1 fully saturated rings. The number of hydrogen-bond acceptors (Lipinski definition) is 2. The molecule has 16 heavy (non-hydrogen) atoms. The molecule has 88 valence electrons. The van der Waals surface area contributed by atoms with Crippen molar-refractivity contribution < 1.29 is 0 Å². The van der Waals surface area contributed by atoms with Crippen molar-refractivity contribution in [3.05, 3.63) is 23.8 Å². The van der Waals surface area contributed by atoms with E-state index < -0.39 is 0 Å². The molecule has 0 radical (unpaired) electrons. The van der Waals surface area contributed by atoms with Gasteiger partial charge in [0, 0.05) is 6.54 Å². The van der Waals surface area contributed by atoms with Crippen LogP contribution in [0.1, 0.15) is 38.2 Å². The van der Waals surface area contributed by atoms with Crippen LogP contribution in [0.2, 0.25) is 0 Å². The fourth-order valence-corrected chi connectivity index (χ4v) is 2.45. The van der Waals surface area contributed by atoms with Gasteiger partial charge in [-0.25, -0.2) is 0 Å². The summed E-state index contributed by atoms with van der Waals surface area (Å²) < 4.78 is 0. The minimum absolute atomic E-state index is 0.538. The average molecular weight is 218 g/mol. The summed E-state index contributed by atoms with van der Waals surface area (Å²) in [4.78, 5) is 0. The molecule has 0 amide bonds. The zero-order valence-electron chi connectivity index (χ0n) is 10.3. The van der Waals surface area contributed by atoms with E-state index in [2.05, 4.69) is 37.4 Å². The second kappa shape index (κ2) is 4.36. The van der Waals surface area contributed by atoms with Gasteiger partial charge in [-0.3, -0.25) is 0 Å². The Labute approximate surface area is 98.2 Å². The highest BCUT2D eigenvalue weighted by molar-refractivity contribution is 5.69. The number of hydrogen-bond donors (Lipinski definition) is 2. The van der Waals surface area contributed by atoms with Crippen molar-refractivity contribution in [1.29, 1.82) is 0 Å². The van der Waals surface area contributed by atoms with Crippen molar-refractivity contribution in [2.45, 2.75) is 39.5 Å². The van der Waals surface area contributed by atoms with Crippen LogP contribution in [0.15, 0.2) is 18.2 Å². The van der Waals surface area contributed by atoms with Crippen LogP contribution in [0.5, 0.6) is 0 Å². The summed E-state index contributed by atoms with van der Waals surface area (Å²) >= 11 is 0. The van der Waals surface area contributed by atoms with Crippen molar-refractivity contribution >= 4 is 11.4 Å². The molecule has 0 heterocycles. The van der Waals surface area contributed by atoms with E-state index in [1.165, 1.54) is 25.7 Å². The molecule has 0 saturated heterocycles. The molecule has 1 aromatic carbocycles. The van der Waals surface area contributed by atoms with Gasteiger partial charge in [0.05, 0.1) is 11.4 Å². The molecule has 1 aliphatic rings. The molecule has 0 spiro atoms. The Bertz CT molecular complexity index is 361. The predicted molar refractivity (Wildman–Crippen MR) is 70.7 cm³/mol. The summed E-state index contributed by atoms with van der Waals surface area (Å²) in [6, 6.07) is 6.19. The second-order valence-corrected chi connectivity index (χ2v) is 5.10. The number of aryl methyl sites for hydroxylation is 1. The van der Waals surface area contributed by atoms with Gasteiger partial charge in [0.15, 0.2) is 0 Å². The molecule has 0 unspecified atom stereocenters. The van der Waals surface area contributed by atoms with Crippen molar-refractivity contribution in [1.82, 2.24) is 0 Å². The van der Waals surface area contributed by atoms with E-state index >= 15 is 0 Å². The molecule has 0 aliphatic heterocycles. The highest BCUT2D eigenvalue weighted by atomic mass is 14.9. The van der Waals surface area contributed by atoms with E-state index in [4.69, 9.17) is 5.73 Å². The van der Waals surface area contributed by atoms with Gasteiger partial charge >= 0.3 is 0 Å². The largest absolute Gasteiger partial charge is 0.397 e. The van der Waals surface area contributed by atoms with Crippen LogP contribution in [-0.4, -0.2) is 6.54 Å². The average Bonchev–Trinajstić information content (AvgIpc) is 2.23. The number of para-hydroxylation sites is 1. The molecular weight excluding hydrogens is 196 g/mol. The number of benzene rings is 1. The van der Waals surface area contributed by atoms with Crippen LogP contribution in [0.25, 0.3) is 0 Å². The number of nitrogens with two attached hydrogens (primary N) is 1. The van der Waals surface area contributed by atoms with Crippen LogP contribution < -0.4 is 11.1 Å². The second-order valence-electron chi connectivity index (χ2n) is 5.10. The number of nitrogens with one attached hydrogen (secondary N) is 1. The third-order valence-electron chi connectivity index (χ3n) is 4.14. The highest BCUT2D eigenvalue weighted by Gasteiger charge is 2.34. The first-order valence-electron chi connectivity index (χ1n) is 6.26. The highest BCUT2D eigenvalue weighted by Crippen LogP contribution is 2.43. The Kier molecular flexibility index (Phi) is 3.08. The molecule has 2 rings (SSSR count). The predicted octanol–water partition coefficient (Wildman–Crippen LogP) is 3.57. The van der Waals surface area contributed by atoms with Gasteiger partial charge in [0.2, 0.25) is 0 Å². The maximum absolute atomic E-state index is 6.05. The number of anilines is 2. The molecule has 1 saturated carbocycles. The molecule has 1 aliphatic carbocycles. The quantitative estimate of drug-likeness (QED) is 0.758. The Morgan fingerprint density at radius 3 is 2.69 bits per heavy atom. The van der Waals surface area contributed by atoms with Crippen LogP contribution in [0, 0.1) is 12.3 Å². The first-order chi connectivity index (χ1) is 7.67. The van der Waals surface area contributed by atoms with Gasteiger partial charge in [-0.05, 0) is 43.2 Å². The van der Waals surface area contributed by atoms with E-state index in [0.717, 1.165) is 23.5 Å².